The fourth-order valence-corrected chi connectivity index (χ4v) is 2.40. The average molecular weight is 248 g/mol. The predicted molar refractivity (Wildman–Crippen MR) is 68.0 cm³/mol. The maximum Gasteiger partial charge on any atom is 0.184 e. The number of likely N-dealkylation sites (N-methyl/N-ethyl adjacent to an activating group) is 1. The zero-order chi connectivity index (χ0) is 11.3. The minimum Gasteiger partial charge on any atom is -0.358 e. The number of hydrogen-bond donors (Lipinski definition) is 1. The van der Waals surface area contributed by atoms with Crippen LogP contribution in [-0.2, 0) is 0 Å². The highest BCUT2D eigenvalue weighted by Gasteiger charge is 2.08. The zero-order valence-corrected chi connectivity index (χ0v) is 11.0. The standard InChI is InChI=1S/C10H18ClN3S/c1-4-14(5-2)6-8(3)12-10-13-9(11)7-15-10/h7-8H,4-6H2,1-3H3,(H,12,13). The number of rotatable bonds is 6. The Hall–Kier alpha value is -0.320. The SMILES string of the molecule is CCN(CC)CC(C)Nc1nc(Cl)cs1. The smallest absolute Gasteiger partial charge is 0.184 e. The van der Waals surface area contributed by atoms with Crippen molar-refractivity contribution in [3.63, 3.8) is 0 Å². The van der Waals surface area contributed by atoms with Crippen molar-refractivity contribution in [1.29, 1.82) is 0 Å². The first-order chi connectivity index (χ1) is 7.15. The minimum atomic E-state index is 0.395. The Bertz CT molecular complexity index is 286. The maximum atomic E-state index is 5.75. The van der Waals surface area contributed by atoms with Crippen LogP contribution in [0.3, 0.4) is 0 Å². The van der Waals surface area contributed by atoms with Gasteiger partial charge in [0.1, 0.15) is 5.15 Å². The van der Waals surface area contributed by atoms with E-state index in [-0.39, 0.29) is 0 Å². The highest BCUT2D eigenvalue weighted by Crippen LogP contribution is 2.19. The van der Waals surface area contributed by atoms with Crippen molar-refractivity contribution >= 4 is 28.1 Å². The van der Waals surface area contributed by atoms with Gasteiger partial charge in [0.2, 0.25) is 0 Å². The van der Waals surface area contributed by atoms with Crippen molar-refractivity contribution in [2.24, 2.45) is 0 Å². The van der Waals surface area contributed by atoms with Crippen molar-refractivity contribution < 1.29 is 0 Å². The number of anilines is 1. The molecule has 0 saturated carbocycles. The first-order valence-electron chi connectivity index (χ1n) is 5.25. The van der Waals surface area contributed by atoms with Crippen molar-refractivity contribution in [3.8, 4) is 0 Å². The highest BCUT2D eigenvalue weighted by atomic mass is 35.5. The van der Waals surface area contributed by atoms with Crippen LogP contribution in [0.2, 0.25) is 5.15 Å². The highest BCUT2D eigenvalue weighted by molar-refractivity contribution is 7.14. The van der Waals surface area contributed by atoms with Crippen LogP contribution in [-0.4, -0.2) is 35.6 Å². The summed E-state index contributed by atoms with van der Waals surface area (Å²) in [5, 5.41) is 6.65. The van der Waals surface area contributed by atoms with Crippen LogP contribution in [0, 0.1) is 0 Å². The van der Waals surface area contributed by atoms with Crippen LogP contribution < -0.4 is 5.32 Å². The number of nitrogens with one attached hydrogen (secondary N) is 1. The largest absolute Gasteiger partial charge is 0.358 e. The number of hydrogen-bond acceptors (Lipinski definition) is 4. The molecule has 1 N–H and O–H groups in total. The van der Waals surface area contributed by atoms with Gasteiger partial charge in [-0.3, -0.25) is 0 Å². The van der Waals surface area contributed by atoms with Gasteiger partial charge < -0.3 is 10.2 Å². The zero-order valence-electron chi connectivity index (χ0n) is 9.46. The van der Waals surface area contributed by atoms with E-state index in [0.717, 1.165) is 24.8 Å². The molecule has 1 aromatic rings. The van der Waals surface area contributed by atoms with Gasteiger partial charge in [-0.05, 0) is 20.0 Å². The van der Waals surface area contributed by atoms with E-state index in [9.17, 15) is 0 Å². The summed E-state index contributed by atoms with van der Waals surface area (Å²) in [5.41, 5.74) is 0. The van der Waals surface area contributed by atoms with Crippen LogP contribution in [0.25, 0.3) is 0 Å². The van der Waals surface area contributed by atoms with E-state index in [0.29, 0.717) is 11.2 Å². The molecule has 1 heterocycles. The van der Waals surface area contributed by atoms with Gasteiger partial charge in [0.05, 0.1) is 0 Å². The van der Waals surface area contributed by atoms with Gasteiger partial charge in [0.25, 0.3) is 0 Å². The van der Waals surface area contributed by atoms with E-state index in [1.165, 1.54) is 0 Å². The lowest BCUT2D eigenvalue weighted by Crippen LogP contribution is -2.34. The van der Waals surface area contributed by atoms with E-state index in [1.807, 2.05) is 5.38 Å². The molecular formula is C10H18ClN3S. The summed E-state index contributed by atoms with van der Waals surface area (Å²) >= 11 is 7.30. The van der Waals surface area contributed by atoms with E-state index < -0.39 is 0 Å². The lowest BCUT2D eigenvalue weighted by molar-refractivity contribution is 0.295. The van der Waals surface area contributed by atoms with Crippen molar-refractivity contribution in [3.05, 3.63) is 10.5 Å². The maximum absolute atomic E-state index is 5.75. The molecule has 1 rings (SSSR count). The normalized spacial score (nSPS) is 13.1. The van der Waals surface area contributed by atoms with E-state index in [1.54, 1.807) is 11.3 Å². The fraction of sp³-hybridized carbons (Fsp3) is 0.700. The van der Waals surface area contributed by atoms with Gasteiger partial charge in [-0.1, -0.05) is 25.4 Å². The number of thiazole rings is 1. The molecule has 0 radical (unpaired) electrons. The third kappa shape index (κ3) is 4.36. The molecule has 1 unspecified atom stereocenters. The van der Waals surface area contributed by atoms with E-state index in [4.69, 9.17) is 11.6 Å². The Morgan fingerprint density at radius 3 is 2.67 bits per heavy atom. The van der Waals surface area contributed by atoms with Crippen molar-refractivity contribution in [1.82, 2.24) is 9.88 Å². The molecule has 0 saturated heterocycles. The van der Waals surface area contributed by atoms with Crippen LogP contribution in [0.4, 0.5) is 5.13 Å². The third-order valence-electron chi connectivity index (χ3n) is 2.27. The molecule has 1 aromatic heterocycles. The molecule has 15 heavy (non-hydrogen) atoms. The van der Waals surface area contributed by atoms with E-state index in [2.05, 4.69) is 36.0 Å². The molecule has 5 heteroatoms. The van der Waals surface area contributed by atoms with E-state index >= 15 is 0 Å². The summed E-state index contributed by atoms with van der Waals surface area (Å²) in [6, 6.07) is 0.395. The first kappa shape index (κ1) is 12.7. The molecule has 3 nitrogen and oxygen atoms in total. The van der Waals surface area contributed by atoms with Gasteiger partial charge in [0, 0.05) is 18.0 Å². The lowest BCUT2D eigenvalue weighted by Gasteiger charge is -2.23. The quantitative estimate of drug-likeness (QED) is 0.838. The fourth-order valence-electron chi connectivity index (χ4n) is 1.45. The molecule has 0 spiro atoms. The summed E-state index contributed by atoms with van der Waals surface area (Å²) in [6.45, 7) is 9.72. The van der Waals surface area contributed by atoms with Crippen molar-refractivity contribution in [2.45, 2.75) is 26.8 Å². The summed E-state index contributed by atoms with van der Waals surface area (Å²) in [5.74, 6) is 0. The second kappa shape index (κ2) is 6.30. The molecule has 0 bridgehead atoms. The molecule has 0 fully saturated rings. The number of halogens is 1. The topological polar surface area (TPSA) is 28.2 Å². The van der Waals surface area contributed by atoms with Gasteiger partial charge >= 0.3 is 0 Å². The molecule has 0 aromatic carbocycles. The summed E-state index contributed by atoms with van der Waals surface area (Å²) in [7, 11) is 0. The lowest BCUT2D eigenvalue weighted by atomic mass is 10.3. The summed E-state index contributed by atoms with van der Waals surface area (Å²) in [4.78, 5) is 6.55. The Morgan fingerprint density at radius 1 is 1.53 bits per heavy atom. The monoisotopic (exact) mass is 247 g/mol. The first-order valence-corrected chi connectivity index (χ1v) is 6.51. The number of aromatic nitrogens is 1. The molecule has 86 valence electrons. The van der Waals surface area contributed by atoms with Gasteiger partial charge in [0.15, 0.2) is 5.13 Å². The van der Waals surface area contributed by atoms with Gasteiger partial charge in [-0.25, -0.2) is 4.98 Å². The van der Waals surface area contributed by atoms with Crippen LogP contribution in [0.1, 0.15) is 20.8 Å². The molecule has 0 aliphatic heterocycles. The van der Waals surface area contributed by atoms with Crippen LogP contribution in [0.15, 0.2) is 5.38 Å². The second-order valence-corrected chi connectivity index (χ2v) is 4.75. The minimum absolute atomic E-state index is 0.395. The Kier molecular flexibility index (Phi) is 5.36. The van der Waals surface area contributed by atoms with Gasteiger partial charge in [-0.15, -0.1) is 11.3 Å². The molecular weight excluding hydrogens is 230 g/mol. The predicted octanol–water partition coefficient (Wildman–Crippen LogP) is 2.94. The third-order valence-corrected chi connectivity index (χ3v) is 3.37. The molecule has 0 aliphatic carbocycles. The van der Waals surface area contributed by atoms with Crippen molar-refractivity contribution in [2.75, 3.05) is 25.0 Å². The van der Waals surface area contributed by atoms with Gasteiger partial charge in [-0.2, -0.15) is 0 Å². The second-order valence-electron chi connectivity index (χ2n) is 3.51. The molecule has 0 aliphatic rings. The summed E-state index contributed by atoms with van der Waals surface area (Å²) < 4.78 is 0. The van der Waals surface area contributed by atoms with Crippen LogP contribution >= 0.6 is 22.9 Å². The Morgan fingerprint density at radius 2 is 2.20 bits per heavy atom. The molecule has 1 atom stereocenters. The average Bonchev–Trinajstić information content (AvgIpc) is 2.60. The summed E-state index contributed by atoms with van der Waals surface area (Å²) in [6.07, 6.45) is 0. The molecule has 0 amide bonds. The Balaban J connectivity index is 2.38. The number of nitrogens with zero attached hydrogens (tertiary/aromatic N) is 2. The van der Waals surface area contributed by atoms with Crippen LogP contribution in [0.5, 0.6) is 0 Å². The Labute approximate surface area is 100 Å².